The molecule has 6 nitrogen and oxygen atoms in total. The lowest BCUT2D eigenvalue weighted by Gasteiger charge is -2.10. The number of halogens is 1. The van der Waals surface area contributed by atoms with Crippen LogP contribution in [0.2, 0.25) is 5.02 Å². The molecule has 0 saturated carbocycles. The Morgan fingerprint density at radius 2 is 1.97 bits per heavy atom. The zero-order chi connectivity index (χ0) is 21.8. The summed E-state index contributed by atoms with van der Waals surface area (Å²) >= 11 is 7.69. The molecule has 4 aromatic rings. The Balaban J connectivity index is 1.48. The highest BCUT2D eigenvalue weighted by molar-refractivity contribution is 7.98. The van der Waals surface area contributed by atoms with Crippen LogP contribution >= 0.6 is 23.4 Å². The molecule has 0 fully saturated rings. The summed E-state index contributed by atoms with van der Waals surface area (Å²) in [6.45, 7) is 5.11. The van der Waals surface area contributed by atoms with Gasteiger partial charge in [-0.05, 0) is 43.2 Å². The Kier molecular flexibility index (Phi) is 6.63. The van der Waals surface area contributed by atoms with Crippen LogP contribution < -0.4 is 10.2 Å². The third-order valence-electron chi connectivity index (χ3n) is 5.02. The highest BCUT2D eigenvalue weighted by Gasteiger charge is 2.13. The fraction of sp³-hybridized carbons (Fsp3) is 0.261. The highest BCUT2D eigenvalue weighted by Crippen LogP contribution is 2.25. The summed E-state index contributed by atoms with van der Waals surface area (Å²) in [6.07, 6.45) is 0.905. The number of pyridine rings is 1. The van der Waals surface area contributed by atoms with Gasteiger partial charge in [0, 0.05) is 35.0 Å². The van der Waals surface area contributed by atoms with E-state index < -0.39 is 0 Å². The number of H-pyrrole nitrogens is 1. The maximum atomic E-state index is 12.6. The van der Waals surface area contributed by atoms with Crippen LogP contribution in [0.5, 0.6) is 5.75 Å². The molecule has 0 atom stereocenters. The first-order valence-corrected chi connectivity index (χ1v) is 11.5. The van der Waals surface area contributed by atoms with Gasteiger partial charge < -0.3 is 14.3 Å². The van der Waals surface area contributed by atoms with Gasteiger partial charge in [0.15, 0.2) is 16.4 Å². The number of benzene rings is 2. The zero-order valence-electron chi connectivity index (χ0n) is 17.4. The molecule has 2 heterocycles. The van der Waals surface area contributed by atoms with Gasteiger partial charge in [-0.15, -0.1) is 10.2 Å². The van der Waals surface area contributed by atoms with E-state index in [-0.39, 0.29) is 12.0 Å². The third-order valence-corrected chi connectivity index (χ3v) is 6.35. The standard InChI is InChI=1S/C23H23ClN4O2S/c1-3-15-9-10-19-17(11-15)20(29)12-16(25-19)14-31-23-27-26-22(28(23)4-2)13-30-21-8-6-5-7-18(21)24/h5-12H,3-4,13-14H2,1-2H3,(H,25,29). The number of aromatic amines is 1. The molecule has 0 aliphatic carbocycles. The van der Waals surface area contributed by atoms with Crippen molar-refractivity contribution in [3.8, 4) is 5.75 Å². The Hall–Kier alpha value is -2.77. The number of aryl methyl sites for hydroxylation is 1. The maximum absolute atomic E-state index is 12.6. The van der Waals surface area contributed by atoms with Gasteiger partial charge in [0.2, 0.25) is 0 Å². The second-order valence-electron chi connectivity index (χ2n) is 7.04. The second kappa shape index (κ2) is 9.58. The largest absolute Gasteiger partial charge is 0.484 e. The number of ether oxygens (including phenoxy) is 1. The Morgan fingerprint density at radius 3 is 2.74 bits per heavy atom. The quantitative estimate of drug-likeness (QED) is 0.369. The number of nitrogens with zero attached hydrogens (tertiary/aromatic N) is 3. The van der Waals surface area contributed by atoms with Crippen LogP contribution in [0, 0.1) is 0 Å². The van der Waals surface area contributed by atoms with Crippen molar-refractivity contribution in [3.05, 3.63) is 80.9 Å². The summed E-state index contributed by atoms with van der Waals surface area (Å²) in [4.78, 5) is 15.9. The van der Waals surface area contributed by atoms with E-state index in [9.17, 15) is 4.79 Å². The topological polar surface area (TPSA) is 72.8 Å². The van der Waals surface area contributed by atoms with Crippen LogP contribution in [0.3, 0.4) is 0 Å². The smallest absolute Gasteiger partial charge is 0.191 e. The predicted octanol–water partition coefficient (Wildman–Crippen LogP) is 5.23. The van der Waals surface area contributed by atoms with Gasteiger partial charge in [-0.1, -0.05) is 48.5 Å². The van der Waals surface area contributed by atoms with E-state index >= 15 is 0 Å². The monoisotopic (exact) mass is 454 g/mol. The Labute approximate surface area is 189 Å². The lowest BCUT2D eigenvalue weighted by atomic mass is 10.1. The molecule has 2 aromatic carbocycles. The number of thioether (sulfide) groups is 1. The predicted molar refractivity (Wildman–Crippen MR) is 125 cm³/mol. The normalized spacial score (nSPS) is 11.2. The molecule has 8 heteroatoms. The highest BCUT2D eigenvalue weighted by atomic mass is 35.5. The lowest BCUT2D eigenvalue weighted by molar-refractivity contribution is 0.288. The van der Waals surface area contributed by atoms with Crippen molar-refractivity contribution in [1.82, 2.24) is 19.7 Å². The summed E-state index contributed by atoms with van der Waals surface area (Å²) in [5, 5.41) is 10.7. The summed E-state index contributed by atoms with van der Waals surface area (Å²) in [5.74, 6) is 1.93. The maximum Gasteiger partial charge on any atom is 0.191 e. The van der Waals surface area contributed by atoms with Crippen LogP contribution in [0.4, 0.5) is 0 Å². The van der Waals surface area contributed by atoms with Crippen molar-refractivity contribution in [1.29, 1.82) is 0 Å². The number of rotatable bonds is 8. The SMILES string of the molecule is CCc1ccc2[nH]c(CSc3nnc(COc4ccccc4Cl)n3CC)cc(=O)c2c1. The lowest BCUT2D eigenvalue weighted by Crippen LogP contribution is -2.08. The van der Waals surface area contributed by atoms with Crippen LogP contribution in [0.15, 0.2) is 58.5 Å². The van der Waals surface area contributed by atoms with Gasteiger partial charge in [0.1, 0.15) is 12.4 Å². The van der Waals surface area contributed by atoms with E-state index in [0.717, 1.165) is 39.6 Å². The van der Waals surface area contributed by atoms with Crippen molar-refractivity contribution >= 4 is 34.3 Å². The number of nitrogens with one attached hydrogen (secondary N) is 1. The van der Waals surface area contributed by atoms with Gasteiger partial charge in [-0.25, -0.2) is 0 Å². The Bertz CT molecular complexity index is 1270. The second-order valence-corrected chi connectivity index (χ2v) is 8.39. The molecule has 160 valence electrons. The first-order valence-electron chi connectivity index (χ1n) is 10.2. The molecule has 0 aliphatic rings. The van der Waals surface area contributed by atoms with Crippen LogP contribution in [-0.2, 0) is 25.3 Å². The minimum absolute atomic E-state index is 0.0328. The first-order chi connectivity index (χ1) is 15.1. The van der Waals surface area contributed by atoms with E-state index in [1.165, 1.54) is 11.8 Å². The average molecular weight is 455 g/mol. The van der Waals surface area contributed by atoms with Gasteiger partial charge in [-0.3, -0.25) is 4.79 Å². The zero-order valence-corrected chi connectivity index (χ0v) is 19.0. The first kappa shape index (κ1) is 21.5. The summed E-state index contributed by atoms with van der Waals surface area (Å²) in [6, 6.07) is 15.0. The molecule has 0 unspecified atom stereocenters. The molecule has 0 radical (unpaired) electrons. The van der Waals surface area contributed by atoms with Crippen molar-refractivity contribution in [3.63, 3.8) is 0 Å². The van der Waals surface area contributed by atoms with E-state index in [0.29, 0.717) is 23.1 Å². The molecule has 4 rings (SSSR count). The number of para-hydroxylation sites is 1. The molecule has 2 aromatic heterocycles. The number of fused-ring (bicyclic) bond motifs is 1. The summed E-state index contributed by atoms with van der Waals surface area (Å²) < 4.78 is 7.82. The molecule has 1 N–H and O–H groups in total. The molecule has 0 saturated heterocycles. The van der Waals surface area contributed by atoms with Gasteiger partial charge in [-0.2, -0.15) is 0 Å². The minimum Gasteiger partial charge on any atom is -0.484 e. The molecule has 0 bridgehead atoms. The number of aromatic nitrogens is 4. The molecule has 31 heavy (non-hydrogen) atoms. The van der Waals surface area contributed by atoms with Gasteiger partial charge >= 0.3 is 0 Å². The molecule has 0 amide bonds. The van der Waals surface area contributed by atoms with Gasteiger partial charge in [0.25, 0.3) is 0 Å². The van der Waals surface area contributed by atoms with Gasteiger partial charge in [0.05, 0.1) is 5.02 Å². The van der Waals surface area contributed by atoms with E-state index in [2.05, 4.69) is 22.1 Å². The number of hydrogen-bond acceptors (Lipinski definition) is 5. The fourth-order valence-electron chi connectivity index (χ4n) is 3.34. The molecule has 0 aliphatic heterocycles. The van der Waals surface area contributed by atoms with Crippen molar-refractivity contribution in [2.75, 3.05) is 0 Å². The van der Waals surface area contributed by atoms with Crippen LogP contribution in [0.1, 0.15) is 30.9 Å². The van der Waals surface area contributed by atoms with E-state index in [1.807, 2.05) is 47.9 Å². The molecule has 0 spiro atoms. The van der Waals surface area contributed by atoms with E-state index in [4.69, 9.17) is 16.3 Å². The minimum atomic E-state index is 0.0328. The van der Waals surface area contributed by atoms with E-state index in [1.54, 1.807) is 12.1 Å². The van der Waals surface area contributed by atoms with Crippen LogP contribution in [-0.4, -0.2) is 19.7 Å². The van der Waals surface area contributed by atoms with Crippen molar-refractivity contribution in [2.24, 2.45) is 0 Å². The summed E-state index contributed by atoms with van der Waals surface area (Å²) in [5.41, 5.74) is 2.89. The van der Waals surface area contributed by atoms with Crippen LogP contribution in [0.25, 0.3) is 10.9 Å². The molecular formula is C23H23ClN4O2S. The third kappa shape index (κ3) is 4.78. The molecular weight excluding hydrogens is 432 g/mol. The van der Waals surface area contributed by atoms with Crippen molar-refractivity contribution in [2.45, 2.75) is 44.3 Å². The van der Waals surface area contributed by atoms with Crippen molar-refractivity contribution < 1.29 is 4.74 Å². The average Bonchev–Trinajstić information content (AvgIpc) is 3.18. The Morgan fingerprint density at radius 1 is 1.13 bits per heavy atom. The summed E-state index contributed by atoms with van der Waals surface area (Å²) in [7, 11) is 0. The fourth-order valence-corrected chi connectivity index (χ4v) is 4.46. The number of hydrogen-bond donors (Lipinski definition) is 1.